The summed E-state index contributed by atoms with van der Waals surface area (Å²) in [7, 11) is 0. The number of halogens is 2. The summed E-state index contributed by atoms with van der Waals surface area (Å²) in [6.45, 7) is 4.69. The van der Waals surface area contributed by atoms with Crippen molar-refractivity contribution in [1.82, 2.24) is 0 Å². The Kier molecular flexibility index (Phi) is 4.55. The summed E-state index contributed by atoms with van der Waals surface area (Å²) in [5, 5.41) is 0.749. The zero-order valence-corrected chi connectivity index (χ0v) is 11.5. The zero-order valence-electron chi connectivity index (χ0n) is 9.96. The highest BCUT2D eigenvalue weighted by Gasteiger charge is 2.21. The molecule has 4 heteroatoms. The molecular weight excluding hydrogens is 257 g/mol. The molecule has 0 N–H and O–H groups in total. The normalized spacial score (nSPS) is 20.6. The smallest absolute Gasteiger partial charge is 0.0670 e. The molecule has 1 aliphatic rings. The van der Waals surface area contributed by atoms with Gasteiger partial charge in [-0.25, -0.2) is 0 Å². The number of rotatable bonds is 3. The van der Waals surface area contributed by atoms with E-state index in [4.69, 9.17) is 27.9 Å². The first-order valence-electron chi connectivity index (χ1n) is 5.95. The minimum atomic E-state index is 0.446. The van der Waals surface area contributed by atoms with Gasteiger partial charge in [-0.2, -0.15) is 0 Å². The molecule has 1 aromatic carbocycles. The van der Waals surface area contributed by atoms with Crippen molar-refractivity contribution < 1.29 is 4.74 Å². The maximum absolute atomic E-state index is 6.20. The summed E-state index contributed by atoms with van der Waals surface area (Å²) in [6, 6.07) is 6.55. The van der Waals surface area contributed by atoms with Gasteiger partial charge in [0, 0.05) is 23.1 Å². The van der Waals surface area contributed by atoms with Gasteiger partial charge in [0.1, 0.15) is 0 Å². The van der Waals surface area contributed by atoms with Gasteiger partial charge in [-0.15, -0.1) is 11.6 Å². The largest absolute Gasteiger partial charge is 0.377 e. The van der Waals surface area contributed by atoms with E-state index in [2.05, 4.69) is 17.9 Å². The molecule has 17 heavy (non-hydrogen) atoms. The highest BCUT2D eigenvalue weighted by Crippen LogP contribution is 2.27. The third-order valence-electron chi connectivity index (χ3n) is 3.21. The lowest BCUT2D eigenvalue weighted by Crippen LogP contribution is -2.45. The van der Waals surface area contributed by atoms with Crippen LogP contribution in [0.15, 0.2) is 18.2 Å². The monoisotopic (exact) mass is 273 g/mol. The molecule has 1 aliphatic heterocycles. The van der Waals surface area contributed by atoms with Gasteiger partial charge in [-0.05, 0) is 24.1 Å². The summed E-state index contributed by atoms with van der Waals surface area (Å²) in [6.07, 6.45) is 1.08. The Morgan fingerprint density at radius 2 is 2.29 bits per heavy atom. The molecule has 0 aromatic heterocycles. The number of ether oxygens (including phenoxy) is 1. The van der Waals surface area contributed by atoms with Crippen LogP contribution >= 0.6 is 23.2 Å². The van der Waals surface area contributed by atoms with Crippen molar-refractivity contribution in [2.24, 2.45) is 0 Å². The first-order chi connectivity index (χ1) is 8.26. The highest BCUT2D eigenvalue weighted by atomic mass is 35.5. The van der Waals surface area contributed by atoms with Gasteiger partial charge in [0.25, 0.3) is 0 Å². The minimum absolute atomic E-state index is 0.446. The number of hydrogen-bond acceptors (Lipinski definition) is 2. The van der Waals surface area contributed by atoms with E-state index in [0.29, 0.717) is 11.9 Å². The summed E-state index contributed by atoms with van der Waals surface area (Å²) in [5.41, 5.74) is 2.15. The molecule has 1 atom stereocenters. The van der Waals surface area contributed by atoms with E-state index in [0.717, 1.165) is 36.8 Å². The lowest BCUT2D eigenvalue weighted by atomic mass is 10.1. The minimum Gasteiger partial charge on any atom is -0.377 e. The van der Waals surface area contributed by atoms with Crippen LogP contribution in [0.3, 0.4) is 0 Å². The van der Waals surface area contributed by atoms with Crippen LogP contribution < -0.4 is 4.90 Å². The molecule has 0 saturated carbocycles. The number of hydrogen-bond donors (Lipinski definition) is 0. The Balaban J connectivity index is 2.23. The van der Waals surface area contributed by atoms with Gasteiger partial charge < -0.3 is 9.64 Å². The number of anilines is 1. The summed E-state index contributed by atoms with van der Waals surface area (Å²) in [4.78, 5) is 2.37. The van der Waals surface area contributed by atoms with Gasteiger partial charge in [0.05, 0.1) is 19.3 Å². The van der Waals surface area contributed by atoms with Gasteiger partial charge in [-0.1, -0.05) is 24.6 Å². The standard InChI is InChI=1S/C13H17Cl2NO/c1-2-11-9-17-6-5-16(11)12-4-3-10(8-14)13(15)7-12/h3-4,7,11H,2,5-6,8-9H2,1H3. The lowest BCUT2D eigenvalue weighted by Gasteiger charge is -2.37. The van der Waals surface area contributed by atoms with Crippen molar-refractivity contribution >= 4 is 28.9 Å². The second-order valence-corrected chi connectivity index (χ2v) is 4.91. The third kappa shape index (κ3) is 2.87. The van der Waals surface area contributed by atoms with Gasteiger partial charge in [-0.3, -0.25) is 0 Å². The zero-order chi connectivity index (χ0) is 12.3. The Hall–Kier alpha value is -0.440. The second kappa shape index (κ2) is 5.94. The Labute approximate surface area is 112 Å². The Bertz CT molecular complexity index is 384. The van der Waals surface area contributed by atoms with Gasteiger partial charge in [0.2, 0.25) is 0 Å². The average molecular weight is 274 g/mol. The number of alkyl halides is 1. The Morgan fingerprint density at radius 1 is 1.47 bits per heavy atom. The predicted octanol–water partition coefficient (Wildman–Crippen LogP) is 3.69. The third-order valence-corrected chi connectivity index (χ3v) is 3.85. The van der Waals surface area contributed by atoms with Crippen molar-refractivity contribution in [1.29, 1.82) is 0 Å². The van der Waals surface area contributed by atoms with E-state index in [1.807, 2.05) is 12.1 Å². The molecule has 0 amide bonds. The highest BCUT2D eigenvalue weighted by molar-refractivity contribution is 6.32. The first kappa shape index (κ1) is 13.0. The van der Waals surface area contributed by atoms with Crippen LogP contribution in [-0.2, 0) is 10.6 Å². The van der Waals surface area contributed by atoms with Crippen molar-refractivity contribution in [2.45, 2.75) is 25.3 Å². The number of nitrogens with zero attached hydrogens (tertiary/aromatic N) is 1. The van der Waals surface area contributed by atoms with Crippen molar-refractivity contribution in [3.8, 4) is 0 Å². The van der Waals surface area contributed by atoms with E-state index in [9.17, 15) is 0 Å². The van der Waals surface area contributed by atoms with Crippen molar-refractivity contribution in [3.63, 3.8) is 0 Å². The molecule has 0 bridgehead atoms. The lowest BCUT2D eigenvalue weighted by molar-refractivity contribution is 0.0930. The van der Waals surface area contributed by atoms with Crippen molar-refractivity contribution in [3.05, 3.63) is 28.8 Å². The van der Waals surface area contributed by atoms with E-state index in [1.165, 1.54) is 5.69 Å². The quantitative estimate of drug-likeness (QED) is 0.779. The van der Waals surface area contributed by atoms with Crippen LogP contribution in [0.4, 0.5) is 5.69 Å². The second-order valence-electron chi connectivity index (χ2n) is 4.24. The molecule has 1 saturated heterocycles. The van der Waals surface area contributed by atoms with Crippen LogP contribution in [0.25, 0.3) is 0 Å². The fourth-order valence-corrected chi connectivity index (χ4v) is 2.70. The summed E-state index contributed by atoms with van der Waals surface area (Å²) < 4.78 is 5.50. The molecule has 0 aliphatic carbocycles. The molecular formula is C13H17Cl2NO. The fourth-order valence-electron chi connectivity index (χ4n) is 2.16. The Morgan fingerprint density at radius 3 is 2.94 bits per heavy atom. The van der Waals surface area contributed by atoms with Gasteiger partial charge in [0.15, 0.2) is 0 Å². The van der Waals surface area contributed by atoms with E-state index < -0.39 is 0 Å². The molecule has 94 valence electrons. The van der Waals surface area contributed by atoms with Crippen molar-refractivity contribution in [2.75, 3.05) is 24.7 Å². The average Bonchev–Trinajstić information content (AvgIpc) is 2.38. The first-order valence-corrected chi connectivity index (χ1v) is 6.86. The SMILES string of the molecule is CCC1COCCN1c1ccc(CCl)c(Cl)c1. The van der Waals surface area contributed by atoms with Crippen LogP contribution in [0.5, 0.6) is 0 Å². The summed E-state index contributed by atoms with van der Waals surface area (Å²) >= 11 is 12.0. The fraction of sp³-hybridized carbons (Fsp3) is 0.538. The number of morpholine rings is 1. The summed E-state index contributed by atoms with van der Waals surface area (Å²) in [5.74, 6) is 0.458. The van der Waals surface area contributed by atoms with Crippen LogP contribution in [0, 0.1) is 0 Å². The maximum Gasteiger partial charge on any atom is 0.0670 e. The van der Waals surface area contributed by atoms with E-state index in [-0.39, 0.29) is 0 Å². The predicted molar refractivity (Wildman–Crippen MR) is 73.3 cm³/mol. The van der Waals surface area contributed by atoms with E-state index in [1.54, 1.807) is 0 Å². The molecule has 1 fully saturated rings. The topological polar surface area (TPSA) is 12.5 Å². The van der Waals surface area contributed by atoms with Crippen LogP contribution in [-0.4, -0.2) is 25.8 Å². The molecule has 0 radical (unpaired) electrons. The van der Waals surface area contributed by atoms with Crippen LogP contribution in [0.1, 0.15) is 18.9 Å². The van der Waals surface area contributed by atoms with Gasteiger partial charge >= 0.3 is 0 Å². The van der Waals surface area contributed by atoms with E-state index >= 15 is 0 Å². The molecule has 2 nitrogen and oxygen atoms in total. The maximum atomic E-state index is 6.20. The molecule has 0 spiro atoms. The molecule has 1 unspecified atom stereocenters. The van der Waals surface area contributed by atoms with Crippen LogP contribution in [0.2, 0.25) is 5.02 Å². The number of benzene rings is 1. The molecule has 1 heterocycles. The molecule has 1 aromatic rings. The molecule has 2 rings (SSSR count).